The van der Waals surface area contributed by atoms with Gasteiger partial charge in [-0.1, -0.05) is 0 Å². The Morgan fingerprint density at radius 3 is 2.17 bits per heavy atom. The van der Waals surface area contributed by atoms with Gasteiger partial charge in [0, 0.05) is 26.2 Å². The van der Waals surface area contributed by atoms with Crippen LogP contribution in [0.4, 0.5) is 0 Å². The lowest BCUT2D eigenvalue weighted by atomic mass is 10.2. The maximum Gasteiger partial charge on any atom is 0.158 e. The van der Waals surface area contributed by atoms with E-state index in [-0.39, 0.29) is 0 Å². The molecule has 0 atom stereocenters. The monoisotopic (exact) mass is 192 g/mol. The minimum atomic E-state index is -2.37. The van der Waals surface area contributed by atoms with Crippen LogP contribution < -0.4 is 5.32 Å². The van der Waals surface area contributed by atoms with E-state index in [1.54, 1.807) is 13.8 Å². The maximum absolute atomic E-state index is 10.9. The van der Waals surface area contributed by atoms with Gasteiger partial charge in [-0.05, 0) is 13.8 Å². The number of nitrogens with one attached hydrogen (secondary N) is 1. The minimum absolute atomic E-state index is 0.683. The molecular formula is C7H16N2O2S. The second kappa shape index (κ2) is 3.72. The molecule has 1 heterocycles. The number of hydrogen-bond donors (Lipinski definition) is 2. The van der Waals surface area contributed by atoms with E-state index in [9.17, 15) is 8.42 Å². The second-order valence-electron chi connectivity index (χ2n) is 3.49. The molecule has 0 aromatic rings. The second-order valence-corrected chi connectivity index (χ2v) is 5.10. The van der Waals surface area contributed by atoms with Gasteiger partial charge in [0.05, 0.1) is 0 Å². The van der Waals surface area contributed by atoms with Crippen LogP contribution in [0.15, 0.2) is 0 Å². The number of rotatable bonds is 2. The third kappa shape index (κ3) is 1.97. The van der Waals surface area contributed by atoms with Gasteiger partial charge in [-0.3, -0.25) is 4.90 Å². The van der Waals surface area contributed by atoms with Gasteiger partial charge in [0.2, 0.25) is 0 Å². The molecule has 1 aliphatic heterocycles. The van der Waals surface area contributed by atoms with E-state index in [1.165, 1.54) is 0 Å². The molecule has 0 radical (unpaired) electrons. The molecule has 0 spiro atoms. The predicted octanol–water partition coefficient (Wildman–Crippen LogP) is -0.761. The molecule has 12 heavy (non-hydrogen) atoms. The van der Waals surface area contributed by atoms with Crippen molar-refractivity contribution in [2.75, 3.05) is 26.2 Å². The average Bonchev–Trinajstić information content (AvgIpc) is 2.06. The van der Waals surface area contributed by atoms with E-state index < -0.39 is 15.6 Å². The van der Waals surface area contributed by atoms with Crippen molar-refractivity contribution in [2.24, 2.45) is 0 Å². The predicted molar refractivity (Wildman–Crippen MR) is 48.8 cm³/mol. The van der Waals surface area contributed by atoms with Crippen LogP contribution in [0, 0.1) is 0 Å². The van der Waals surface area contributed by atoms with Crippen molar-refractivity contribution in [1.29, 1.82) is 0 Å². The summed E-state index contributed by atoms with van der Waals surface area (Å²) in [6.45, 7) is 6.90. The number of nitrogens with zero attached hydrogens (tertiary/aromatic N) is 1. The van der Waals surface area contributed by atoms with Gasteiger partial charge in [0.25, 0.3) is 0 Å². The van der Waals surface area contributed by atoms with Crippen LogP contribution in [0.1, 0.15) is 13.8 Å². The van der Waals surface area contributed by atoms with Crippen molar-refractivity contribution in [3.63, 3.8) is 0 Å². The molecule has 1 aliphatic rings. The minimum Gasteiger partial charge on any atom is -0.314 e. The summed E-state index contributed by atoms with van der Waals surface area (Å²) < 4.78 is 21.8. The molecular weight excluding hydrogens is 176 g/mol. The summed E-state index contributed by atoms with van der Waals surface area (Å²) in [6, 6.07) is 0. The highest BCUT2D eigenvalue weighted by Gasteiger charge is 2.30. The summed E-state index contributed by atoms with van der Waals surface area (Å²) in [5.41, 5.74) is 0. The molecule has 72 valence electrons. The summed E-state index contributed by atoms with van der Waals surface area (Å²) in [5, 5.41) is 3.19. The van der Waals surface area contributed by atoms with Gasteiger partial charge in [-0.2, -0.15) is 0 Å². The quantitative estimate of drug-likeness (QED) is 0.565. The van der Waals surface area contributed by atoms with Crippen molar-refractivity contribution in [1.82, 2.24) is 10.2 Å². The Hall–Kier alpha value is -0.130. The SMILES string of the molecule is CC(C)(N1CCNCC1)[SH](=O)=O. The largest absolute Gasteiger partial charge is 0.314 e. The zero-order valence-corrected chi connectivity index (χ0v) is 8.43. The fourth-order valence-electron chi connectivity index (χ4n) is 1.33. The van der Waals surface area contributed by atoms with Crippen molar-refractivity contribution in [3.05, 3.63) is 0 Å². The van der Waals surface area contributed by atoms with Crippen molar-refractivity contribution in [2.45, 2.75) is 18.7 Å². The molecule has 5 heteroatoms. The zero-order valence-electron chi connectivity index (χ0n) is 7.54. The first-order valence-corrected chi connectivity index (χ1v) is 5.33. The molecule has 0 aromatic carbocycles. The molecule has 0 aliphatic carbocycles. The van der Waals surface area contributed by atoms with Crippen LogP contribution >= 0.6 is 0 Å². The summed E-state index contributed by atoms with van der Waals surface area (Å²) in [5.74, 6) is 0. The summed E-state index contributed by atoms with van der Waals surface area (Å²) in [6.07, 6.45) is 0. The third-order valence-electron chi connectivity index (χ3n) is 2.34. The first-order valence-electron chi connectivity index (χ1n) is 4.15. The molecule has 0 bridgehead atoms. The molecule has 1 rings (SSSR count). The van der Waals surface area contributed by atoms with Crippen LogP contribution in [0.25, 0.3) is 0 Å². The molecule has 0 saturated carbocycles. The average molecular weight is 192 g/mol. The zero-order chi connectivity index (χ0) is 9.19. The Bertz CT molecular complexity index is 211. The van der Waals surface area contributed by atoms with Gasteiger partial charge in [-0.15, -0.1) is 0 Å². The van der Waals surface area contributed by atoms with Crippen LogP contribution in [0.3, 0.4) is 0 Å². The first kappa shape index (κ1) is 9.95. The molecule has 0 unspecified atom stereocenters. The highest BCUT2D eigenvalue weighted by atomic mass is 32.2. The normalized spacial score (nSPS) is 21.6. The standard InChI is InChI=1S/C7H16N2O2S/c1-7(2,12(10)11)9-5-3-8-4-6-9/h8,12H,3-6H2,1-2H3. The van der Waals surface area contributed by atoms with Gasteiger partial charge in [0.1, 0.15) is 4.87 Å². The fraction of sp³-hybridized carbons (Fsp3) is 1.00. The summed E-state index contributed by atoms with van der Waals surface area (Å²) >= 11 is 0. The first-order chi connectivity index (χ1) is 5.55. The van der Waals surface area contributed by atoms with Crippen molar-refractivity contribution >= 4 is 10.7 Å². The topological polar surface area (TPSA) is 49.4 Å². The lowest BCUT2D eigenvalue weighted by Crippen LogP contribution is -2.53. The third-order valence-corrected chi connectivity index (χ3v) is 3.51. The molecule has 0 aromatic heterocycles. The number of thiol groups is 1. The van der Waals surface area contributed by atoms with Crippen LogP contribution in [0.2, 0.25) is 0 Å². The van der Waals surface area contributed by atoms with E-state index in [2.05, 4.69) is 5.32 Å². The Kier molecular flexibility index (Phi) is 3.09. The Labute approximate surface area is 74.9 Å². The highest BCUT2D eigenvalue weighted by molar-refractivity contribution is 7.73. The van der Waals surface area contributed by atoms with Crippen LogP contribution in [-0.2, 0) is 10.7 Å². The number of hydrogen-bond acceptors (Lipinski definition) is 4. The lowest BCUT2D eigenvalue weighted by molar-refractivity contribution is 0.166. The fourth-order valence-corrected chi connectivity index (χ4v) is 1.76. The van der Waals surface area contributed by atoms with E-state index in [1.807, 2.05) is 4.90 Å². The van der Waals surface area contributed by atoms with E-state index >= 15 is 0 Å². The van der Waals surface area contributed by atoms with Crippen molar-refractivity contribution in [3.8, 4) is 0 Å². The smallest absolute Gasteiger partial charge is 0.158 e. The van der Waals surface area contributed by atoms with Crippen LogP contribution in [-0.4, -0.2) is 44.4 Å². The van der Waals surface area contributed by atoms with E-state index in [0.29, 0.717) is 0 Å². The molecule has 1 fully saturated rings. The lowest BCUT2D eigenvalue weighted by Gasteiger charge is -2.36. The molecule has 1 N–H and O–H groups in total. The Balaban J connectivity index is 2.66. The van der Waals surface area contributed by atoms with E-state index in [0.717, 1.165) is 26.2 Å². The van der Waals surface area contributed by atoms with Gasteiger partial charge in [0.15, 0.2) is 10.7 Å². The molecule has 1 saturated heterocycles. The summed E-state index contributed by atoms with van der Waals surface area (Å²) in [4.78, 5) is 1.31. The molecule has 4 nitrogen and oxygen atoms in total. The number of piperazine rings is 1. The summed E-state index contributed by atoms with van der Waals surface area (Å²) in [7, 11) is -2.37. The van der Waals surface area contributed by atoms with Gasteiger partial charge in [-0.25, -0.2) is 8.42 Å². The highest BCUT2D eigenvalue weighted by Crippen LogP contribution is 2.15. The van der Waals surface area contributed by atoms with Crippen molar-refractivity contribution < 1.29 is 8.42 Å². The van der Waals surface area contributed by atoms with Crippen LogP contribution in [0.5, 0.6) is 0 Å². The Morgan fingerprint density at radius 2 is 1.75 bits per heavy atom. The van der Waals surface area contributed by atoms with Gasteiger partial charge < -0.3 is 5.32 Å². The maximum atomic E-state index is 10.9. The Morgan fingerprint density at radius 1 is 1.25 bits per heavy atom. The van der Waals surface area contributed by atoms with Gasteiger partial charge >= 0.3 is 0 Å². The van der Waals surface area contributed by atoms with E-state index in [4.69, 9.17) is 0 Å². The molecule has 0 amide bonds.